The molecular formula is C16H24FNO2. The molecule has 0 saturated heterocycles. The molecule has 1 N–H and O–H groups in total. The number of alkyl carbamates (subject to hydrolysis) is 1. The van der Waals surface area contributed by atoms with E-state index in [-0.39, 0.29) is 18.5 Å². The van der Waals surface area contributed by atoms with Crippen molar-refractivity contribution in [2.45, 2.75) is 52.7 Å². The molecule has 1 aromatic carbocycles. The summed E-state index contributed by atoms with van der Waals surface area (Å²) in [6.45, 7) is 6.15. The molecule has 0 radical (unpaired) electrons. The van der Waals surface area contributed by atoms with Gasteiger partial charge in [0, 0.05) is 6.04 Å². The Morgan fingerprint density at radius 2 is 1.95 bits per heavy atom. The Kier molecular flexibility index (Phi) is 7.05. The Morgan fingerprint density at radius 1 is 1.35 bits per heavy atom. The highest BCUT2D eigenvalue weighted by atomic mass is 19.1. The van der Waals surface area contributed by atoms with Crippen LogP contribution >= 0.6 is 0 Å². The number of hydrogen-bond donors (Lipinski definition) is 1. The summed E-state index contributed by atoms with van der Waals surface area (Å²) in [6, 6.07) is 6.07. The first-order chi connectivity index (χ1) is 9.63. The largest absolute Gasteiger partial charge is 0.445 e. The van der Waals surface area contributed by atoms with Crippen LogP contribution in [0.25, 0.3) is 0 Å². The molecule has 1 saturated carbocycles. The molecule has 112 valence electrons. The molecule has 0 heterocycles. The van der Waals surface area contributed by atoms with Crippen molar-refractivity contribution in [1.29, 1.82) is 0 Å². The molecule has 1 aliphatic rings. The lowest BCUT2D eigenvalue weighted by Gasteiger charge is -2.13. The Balaban J connectivity index is 0.000000956. The molecule has 0 aromatic heterocycles. The maximum absolute atomic E-state index is 12.7. The van der Waals surface area contributed by atoms with E-state index < -0.39 is 6.09 Å². The maximum Gasteiger partial charge on any atom is 0.407 e. The number of hydrogen-bond acceptors (Lipinski definition) is 2. The van der Waals surface area contributed by atoms with E-state index in [0.717, 1.165) is 17.9 Å². The molecule has 3 nitrogen and oxygen atoms in total. The molecule has 1 unspecified atom stereocenters. The van der Waals surface area contributed by atoms with Gasteiger partial charge in [0.05, 0.1) is 0 Å². The van der Waals surface area contributed by atoms with Crippen LogP contribution in [0.1, 0.15) is 45.6 Å². The van der Waals surface area contributed by atoms with Gasteiger partial charge in [-0.15, -0.1) is 0 Å². The summed E-state index contributed by atoms with van der Waals surface area (Å²) >= 11 is 0. The Labute approximate surface area is 120 Å². The zero-order chi connectivity index (χ0) is 15.0. The number of carbonyl (C=O) groups is 1. The summed E-state index contributed by atoms with van der Waals surface area (Å²) in [4.78, 5) is 11.5. The van der Waals surface area contributed by atoms with Gasteiger partial charge in [-0.2, -0.15) is 0 Å². The highest BCUT2D eigenvalue weighted by Crippen LogP contribution is 2.33. The molecule has 0 spiro atoms. The first-order valence-corrected chi connectivity index (χ1v) is 7.31. The number of ether oxygens (including phenoxy) is 1. The zero-order valence-electron chi connectivity index (χ0n) is 12.5. The Morgan fingerprint density at radius 3 is 2.50 bits per heavy atom. The molecule has 4 heteroatoms. The summed E-state index contributed by atoms with van der Waals surface area (Å²) in [7, 11) is 0. The zero-order valence-corrected chi connectivity index (χ0v) is 12.5. The Hall–Kier alpha value is -1.58. The molecule has 2 rings (SSSR count). The minimum Gasteiger partial charge on any atom is -0.445 e. The van der Waals surface area contributed by atoms with Crippen molar-refractivity contribution in [3.63, 3.8) is 0 Å². The number of halogens is 1. The summed E-state index contributed by atoms with van der Waals surface area (Å²) < 4.78 is 17.7. The second-order valence-corrected chi connectivity index (χ2v) is 4.93. The number of benzene rings is 1. The van der Waals surface area contributed by atoms with Crippen LogP contribution in [-0.2, 0) is 11.3 Å². The normalized spacial score (nSPS) is 14.8. The number of nitrogens with one attached hydrogen (secondary N) is 1. The van der Waals surface area contributed by atoms with Crippen LogP contribution in [-0.4, -0.2) is 12.1 Å². The first-order valence-electron chi connectivity index (χ1n) is 7.31. The third-order valence-corrected chi connectivity index (χ3v) is 3.03. The van der Waals surface area contributed by atoms with Gasteiger partial charge in [0.15, 0.2) is 0 Å². The molecule has 0 bridgehead atoms. The van der Waals surface area contributed by atoms with Crippen molar-refractivity contribution in [3.8, 4) is 0 Å². The van der Waals surface area contributed by atoms with Gasteiger partial charge >= 0.3 is 6.09 Å². The van der Waals surface area contributed by atoms with E-state index in [1.807, 2.05) is 20.8 Å². The van der Waals surface area contributed by atoms with Crippen LogP contribution < -0.4 is 5.32 Å². The van der Waals surface area contributed by atoms with Gasteiger partial charge < -0.3 is 10.1 Å². The van der Waals surface area contributed by atoms with Crippen LogP contribution in [0.2, 0.25) is 0 Å². The minimum atomic E-state index is -0.410. The quantitative estimate of drug-likeness (QED) is 0.875. The SMILES string of the molecule is CC.CC(CC1CC1)NC(=O)OCc1ccc(F)cc1. The third-order valence-electron chi connectivity index (χ3n) is 3.03. The van der Waals surface area contributed by atoms with Crippen LogP contribution in [0.4, 0.5) is 9.18 Å². The van der Waals surface area contributed by atoms with Gasteiger partial charge in [0.2, 0.25) is 0 Å². The predicted octanol–water partition coefficient (Wildman–Crippen LogP) is 4.27. The average Bonchev–Trinajstić information content (AvgIpc) is 3.24. The molecule has 1 amide bonds. The fraction of sp³-hybridized carbons (Fsp3) is 0.562. The van der Waals surface area contributed by atoms with E-state index in [9.17, 15) is 9.18 Å². The molecule has 1 fully saturated rings. The molecular weight excluding hydrogens is 257 g/mol. The van der Waals surface area contributed by atoms with Crippen molar-refractivity contribution in [3.05, 3.63) is 35.6 Å². The van der Waals surface area contributed by atoms with Crippen LogP contribution in [0.5, 0.6) is 0 Å². The molecule has 1 aromatic rings. The van der Waals surface area contributed by atoms with E-state index in [2.05, 4.69) is 5.32 Å². The van der Waals surface area contributed by atoms with Crippen LogP contribution in [0.15, 0.2) is 24.3 Å². The summed E-state index contributed by atoms with van der Waals surface area (Å²) in [5, 5.41) is 2.80. The van der Waals surface area contributed by atoms with Crippen molar-refractivity contribution in [2.24, 2.45) is 5.92 Å². The first kappa shape index (κ1) is 16.5. The highest BCUT2D eigenvalue weighted by molar-refractivity contribution is 5.67. The minimum absolute atomic E-state index is 0.151. The summed E-state index contributed by atoms with van der Waals surface area (Å²) in [5.74, 6) is 0.485. The number of rotatable bonds is 5. The van der Waals surface area contributed by atoms with Gasteiger partial charge in [0.25, 0.3) is 0 Å². The van der Waals surface area contributed by atoms with E-state index in [4.69, 9.17) is 4.74 Å². The van der Waals surface area contributed by atoms with E-state index >= 15 is 0 Å². The van der Waals surface area contributed by atoms with Crippen molar-refractivity contribution >= 4 is 6.09 Å². The van der Waals surface area contributed by atoms with Crippen LogP contribution in [0.3, 0.4) is 0 Å². The van der Waals surface area contributed by atoms with Crippen molar-refractivity contribution in [1.82, 2.24) is 5.32 Å². The predicted molar refractivity (Wildman–Crippen MR) is 77.9 cm³/mol. The van der Waals surface area contributed by atoms with Gasteiger partial charge in [-0.05, 0) is 37.0 Å². The lowest BCUT2D eigenvalue weighted by molar-refractivity contribution is 0.135. The monoisotopic (exact) mass is 281 g/mol. The fourth-order valence-corrected chi connectivity index (χ4v) is 1.88. The smallest absolute Gasteiger partial charge is 0.407 e. The van der Waals surface area contributed by atoms with E-state index in [1.54, 1.807) is 12.1 Å². The number of amides is 1. The summed E-state index contributed by atoms with van der Waals surface area (Å²) in [6.07, 6.45) is 3.16. The molecule has 20 heavy (non-hydrogen) atoms. The molecule has 1 atom stereocenters. The second-order valence-electron chi connectivity index (χ2n) is 4.93. The topological polar surface area (TPSA) is 38.3 Å². The second kappa shape index (κ2) is 8.56. The lowest BCUT2D eigenvalue weighted by Crippen LogP contribution is -2.33. The van der Waals surface area contributed by atoms with Gasteiger partial charge in [-0.1, -0.05) is 38.8 Å². The highest BCUT2D eigenvalue weighted by Gasteiger charge is 2.24. The van der Waals surface area contributed by atoms with Crippen LogP contribution in [0, 0.1) is 11.7 Å². The standard InChI is InChI=1S/C14H18FNO2.C2H6/c1-10(8-11-2-3-11)16-14(17)18-9-12-4-6-13(15)7-5-12;1-2/h4-7,10-11H,2-3,8-9H2,1H3,(H,16,17);1-2H3. The molecule has 1 aliphatic carbocycles. The van der Waals surface area contributed by atoms with Gasteiger partial charge in [-0.3, -0.25) is 0 Å². The van der Waals surface area contributed by atoms with Crippen molar-refractivity contribution < 1.29 is 13.9 Å². The summed E-state index contributed by atoms with van der Waals surface area (Å²) in [5.41, 5.74) is 0.779. The van der Waals surface area contributed by atoms with Gasteiger partial charge in [-0.25, -0.2) is 9.18 Å². The van der Waals surface area contributed by atoms with E-state index in [1.165, 1.54) is 25.0 Å². The number of carbonyl (C=O) groups excluding carboxylic acids is 1. The van der Waals surface area contributed by atoms with Crippen molar-refractivity contribution in [2.75, 3.05) is 0 Å². The Bertz CT molecular complexity index is 401. The maximum atomic E-state index is 12.7. The molecule has 0 aliphatic heterocycles. The third kappa shape index (κ3) is 6.55. The fourth-order valence-electron chi connectivity index (χ4n) is 1.88. The van der Waals surface area contributed by atoms with E-state index in [0.29, 0.717) is 0 Å². The van der Waals surface area contributed by atoms with Gasteiger partial charge in [0.1, 0.15) is 12.4 Å². The average molecular weight is 281 g/mol. The lowest BCUT2D eigenvalue weighted by atomic mass is 10.2.